The molecule has 19 heavy (non-hydrogen) atoms. The molecule has 112 valence electrons. The van der Waals surface area contributed by atoms with E-state index >= 15 is 0 Å². The van der Waals surface area contributed by atoms with Crippen LogP contribution in [0.25, 0.3) is 0 Å². The number of likely N-dealkylation sites (tertiary alicyclic amines) is 2. The van der Waals surface area contributed by atoms with Gasteiger partial charge in [0.05, 0.1) is 0 Å². The zero-order valence-corrected chi connectivity index (χ0v) is 13.0. The predicted octanol–water partition coefficient (Wildman–Crippen LogP) is 2.18. The molecule has 0 aromatic rings. The van der Waals surface area contributed by atoms with E-state index in [0.717, 1.165) is 12.0 Å². The van der Waals surface area contributed by atoms with Crippen LogP contribution in [-0.4, -0.2) is 61.7 Å². The molecule has 2 heterocycles. The number of hydrogen-bond donors (Lipinski definition) is 1. The third-order valence-corrected chi connectivity index (χ3v) is 4.81. The Morgan fingerprint density at radius 3 is 2.32 bits per heavy atom. The van der Waals surface area contributed by atoms with E-state index < -0.39 is 0 Å². The second-order valence-corrected chi connectivity index (χ2v) is 6.58. The fourth-order valence-electron chi connectivity index (χ4n) is 3.47. The Hall–Kier alpha value is -0.120. The lowest BCUT2D eigenvalue weighted by Crippen LogP contribution is -2.44. The molecule has 2 aliphatic heterocycles. The van der Waals surface area contributed by atoms with Gasteiger partial charge in [0.15, 0.2) is 0 Å². The minimum atomic E-state index is 0.770. The second-order valence-electron chi connectivity index (χ2n) is 6.58. The lowest BCUT2D eigenvalue weighted by Gasteiger charge is -2.33. The van der Waals surface area contributed by atoms with Gasteiger partial charge in [-0.2, -0.15) is 0 Å². The van der Waals surface area contributed by atoms with Crippen LogP contribution in [0.5, 0.6) is 0 Å². The fraction of sp³-hybridized carbons (Fsp3) is 1.00. The maximum absolute atomic E-state index is 3.80. The van der Waals surface area contributed by atoms with E-state index in [1.165, 1.54) is 77.9 Å². The highest BCUT2D eigenvalue weighted by Gasteiger charge is 2.19. The third kappa shape index (κ3) is 5.41. The molecule has 1 N–H and O–H groups in total. The van der Waals surface area contributed by atoms with Gasteiger partial charge in [0.2, 0.25) is 0 Å². The van der Waals surface area contributed by atoms with Crippen molar-refractivity contribution in [3.8, 4) is 0 Å². The molecule has 3 heteroatoms. The lowest BCUT2D eigenvalue weighted by atomic mass is 10.0. The van der Waals surface area contributed by atoms with E-state index in [0.29, 0.717) is 0 Å². The quantitative estimate of drug-likeness (QED) is 0.796. The number of nitrogens with one attached hydrogen (secondary N) is 1. The predicted molar refractivity (Wildman–Crippen MR) is 82.6 cm³/mol. The average molecular weight is 267 g/mol. The van der Waals surface area contributed by atoms with Crippen molar-refractivity contribution < 1.29 is 0 Å². The highest BCUT2D eigenvalue weighted by Crippen LogP contribution is 2.12. The van der Waals surface area contributed by atoms with Crippen LogP contribution >= 0.6 is 0 Å². The van der Waals surface area contributed by atoms with Crippen LogP contribution in [0.4, 0.5) is 0 Å². The molecule has 0 amide bonds. The van der Waals surface area contributed by atoms with Crippen molar-refractivity contribution in [3.63, 3.8) is 0 Å². The summed E-state index contributed by atoms with van der Waals surface area (Å²) >= 11 is 0. The summed E-state index contributed by atoms with van der Waals surface area (Å²) in [5, 5.41) is 3.80. The summed E-state index contributed by atoms with van der Waals surface area (Å²) < 4.78 is 0. The molecule has 0 aromatic carbocycles. The number of nitrogens with zero attached hydrogens (tertiary/aromatic N) is 2. The highest BCUT2D eigenvalue weighted by molar-refractivity contribution is 4.78. The molecule has 0 aliphatic carbocycles. The Bertz CT molecular complexity index is 230. The molecule has 0 radical (unpaired) electrons. The number of piperidine rings is 2. The van der Waals surface area contributed by atoms with Crippen molar-refractivity contribution >= 4 is 0 Å². The highest BCUT2D eigenvalue weighted by atomic mass is 15.1. The Morgan fingerprint density at radius 2 is 1.68 bits per heavy atom. The first-order valence-electron chi connectivity index (χ1n) is 8.46. The maximum Gasteiger partial charge on any atom is 0.00915 e. The summed E-state index contributed by atoms with van der Waals surface area (Å²) in [5.41, 5.74) is 0. The van der Waals surface area contributed by atoms with Crippen LogP contribution in [0.2, 0.25) is 0 Å². The summed E-state index contributed by atoms with van der Waals surface area (Å²) in [6.07, 6.45) is 6.94. The zero-order valence-electron chi connectivity index (χ0n) is 13.0. The first-order valence-corrected chi connectivity index (χ1v) is 8.46. The molecular weight excluding hydrogens is 234 g/mol. The number of hydrogen-bond acceptors (Lipinski definition) is 3. The van der Waals surface area contributed by atoms with Crippen molar-refractivity contribution in [1.29, 1.82) is 0 Å². The summed E-state index contributed by atoms with van der Waals surface area (Å²) in [7, 11) is 0. The fourth-order valence-corrected chi connectivity index (χ4v) is 3.47. The molecule has 0 bridgehead atoms. The molecule has 1 unspecified atom stereocenters. The Morgan fingerprint density at radius 1 is 1.00 bits per heavy atom. The second kappa shape index (κ2) is 8.23. The van der Waals surface area contributed by atoms with E-state index in [-0.39, 0.29) is 0 Å². The van der Waals surface area contributed by atoms with Crippen LogP contribution in [0.1, 0.15) is 46.0 Å². The minimum Gasteiger partial charge on any atom is -0.314 e. The van der Waals surface area contributed by atoms with Gasteiger partial charge in [0, 0.05) is 12.6 Å². The molecule has 3 nitrogen and oxygen atoms in total. The molecule has 2 aliphatic rings. The van der Waals surface area contributed by atoms with Crippen molar-refractivity contribution in [2.24, 2.45) is 5.92 Å². The largest absolute Gasteiger partial charge is 0.314 e. The first kappa shape index (κ1) is 15.3. The zero-order chi connectivity index (χ0) is 13.5. The van der Waals surface area contributed by atoms with Crippen LogP contribution in [0, 0.1) is 5.92 Å². The van der Waals surface area contributed by atoms with Crippen LogP contribution in [-0.2, 0) is 0 Å². The van der Waals surface area contributed by atoms with Gasteiger partial charge >= 0.3 is 0 Å². The minimum absolute atomic E-state index is 0.770. The summed E-state index contributed by atoms with van der Waals surface area (Å²) in [4.78, 5) is 5.23. The van der Waals surface area contributed by atoms with E-state index in [2.05, 4.69) is 29.0 Å². The topological polar surface area (TPSA) is 18.5 Å². The molecule has 1 atom stereocenters. The molecule has 0 saturated carbocycles. The van der Waals surface area contributed by atoms with Crippen LogP contribution in [0.15, 0.2) is 0 Å². The van der Waals surface area contributed by atoms with Crippen molar-refractivity contribution in [2.45, 2.75) is 52.0 Å². The van der Waals surface area contributed by atoms with Crippen molar-refractivity contribution in [3.05, 3.63) is 0 Å². The van der Waals surface area contributed by atoms with Gasteiger partial charge < -0.3 is 15.1 Å². The van der Waals surface area contributed by atoms with E-state index in [1.54, 1.807) is 0 Å². The Balaban J connectivity index is 1.57. The third-order valence-electron chi connectivity index (χ3n) is 4.81. The van der Waals surface area contributed by atoms with Gasteiger partial charge in [-0.25, -0.2) is 0 Å². The Kier molecular flexibility index (Phi) is 6.62. The monoisotopic (exact) mass is 267 g/mol. The van der Waals surface area contributed by atoms with Gasteiger partial charge in [-0.15, -0.1) is 0 Å². The SMILES string of the molecule is CCN1CCC(NCC(C)CN2CCCCC2)CC1. The average Bonchev–Trinajstić information content (AvgIpc) is 2.47. The molecule has 0 spiro atoms. The molecule has 2 rings (SSSR count). The van der Waals surface area contributed by atoms with E-state index in [1.807, 2.05) is 0 Å². The van der Waals surface area contributed by atoms with Crippen LogP contribution in [0.3, 0.4) is 0 Å². The standard InChI is InChI=1S/C16H33N3/c1-3-18-11-7-16(8-12-18)17-13-15(2)14-19-9-5-4-6-10-19/h15-17H,3-14H2,1-2H3. The lowest BCUT2D eigenvalue weighted by molar-refractivity contribution is 0.182. The van der Waals surface area contributed by atoms with Gasteiger partial charge in [-0.1, -0.05) is 20.3 Å². The first-order chi connectivity index (χ1) is 9.28. The molecular formula is C16H33N3. The van der Waals surface area contributed by atoms with Gasteiger partial charge in [0.1, 0.15) is 0 Å². The molecule has 0 aromatic heterocycles. The molecule has 2 fully saturated rings. The Labute approximate surface area is 119 Å². The maximum atomic E-state index is 3.80. The van der Waals surface area contributed by atoms with Crippen molar-refractivity contribution in [1.82, 2.24) is 15.1 Å². The van der Waals surface area contributed by atoms with Gasteiger partial charge in [-0.05, 0) is 70.9 Å². The smallest absolute Gasteiger partial charge is 0.00915 e. The molecule has 2 saturated heterocycles. The van der Waals surface area contributed by atoms with E-state index in [9.17, 15) is 0 Å². The normalized spacial score (nSPS) is 25.6. The summed E-state index contributed by atoms with van der Waals surface area (Å²) in [5.74, 6) is 0.794. The van der Waals surface area contributed by atoms with Crippen molar-refractivity contribution in [2.75, 3.05) is 45.8 Å². The van der Waals surface area contributed by atoms with E-state index in [4.69, 9.17) is 0 Å². The summed E-state index contributed by atoms with van der Waals surface area (Å²) in [6, 6.07) is 0.770. The van der Waals surface area contributed by atoms with Gasteiger partial charge in [0.25, 0.3) is 0 Å². The number of rotatable bonds is 6. The summed E-state index contributed by atoms with van der Waals surface area (Å²) in [6.45, 7) is 13.6. The van der Waals surface area contributed by atoms with Gasteiger partial charge in [-0.3, -0.25) is 0 Å². The van der Waals surface area contributed by atoms with Crippen LogP contribution < -0.4 is 5.32 Å².